The van der Waals surface area contributed by atoms with Crippen molar-refractivity contribution in [3.8, 4) is 6.07 Å². The second-order valence-corrected chi connectivity index (χ2v) is 6.27. The largest absolute Gasteiger partial charge is 0.273 e. The standard InChI is InChI=1S/C14H10N2O4S/c15-9-11-6-7-14(16(17)18)12(8-11)10-21(19,20)13-4-2-1-3-5-13/h1-8H,10H2. The van der Waals surface area contributed by atoms with E-state index in [0.717, 1.165) is 6.07 Å². The molecule has 2 rings (SSSR count). The van der Waals surface area contributed by atoms with Gasteiger partial charge in [-0.15, -0.1) is 0 Å². The summed E-state index contributed by atoms with van der Waals surface area (Å²) in [5.74, 6) is -0.525. The van der Waals surface area contributed by atoms with Crippen molar-refractivity contribution in [3.05, 3.63) is 69.8 Å². The first-order valence-corrected chi connectivity index (χ1v) is 7.54. The van der Waals surface area contributed by atoms with Crippen LogP contribution in [0.2, 0.25) is 0 Å². The van der Waals surface area contributed by atoms with Crippen LogP contribution in [0.1, 0.15) is 11.1 Å². The lowest BCUT2D eigenvalue weighted by Crippen LogP contribution is -2.07. The van der Waals surface area contributed by atoms with Crippen LogP contribution in [0.5, 0.6) is 0 Å². The lowest BCUT2D eigenvalue weighted by atomic mass is 10.1. The van der Waals surface area contributed by atoms with Gasteiger partial charge in [-0.1, -0.05) is 18.2 Å². The van der Waals surface area contributed by atoms with Crippen LogP contribution in [0.3, 0.4) is 0 Å². The summed E-state index contributed by atoms with van der Waals surface area (Å²) in [5, 5.41) is 19.8. The summed E-state index contributed by atoms with van der Waals surface area (Å²) in [6.45, 7) is 0. The number of hydrogen-bond donors (Lipinski definition) is 0. The molecule has 6 nitrogen and oxygen atoms in total. The van der Waals surface area contributed by atoms with Crippen LogP contribution in [0.4, 0.5) is 5.69 Å². The SMILES string of the molecule is N#Cc1ccc([N+](=O)[O-])c(CS(=O)(=O)c2ccccc2)c1. The van der Waals surface area contributed by atoms with Gasteiger partial charge in [0, 0.05) is 11.6 Å². The molecule has 0 saturated carbocycles. The summed E-state index contributed by atoms with van der Waals surface area (Å²) in [6, 6.07) is 13.2. The van der Waals surface area contributed by atoms with Crippen molar-refractivity contribution in [1.82, 2.24) is 0 Å². The molecule has 0 unspecified atom stereocenters. The number of benzene rings is 2. The van der Waals surface area contributed by atoms with Crippen LogP contribution < -0.4 is 0 Å². The fourth-order valence-electron chi connectivity index (χ4n) is 1.86. The summed E-state index contributed by atoms with van der Waals surface area (Å²) in [6.07, 6.45) is 0. The monoisotopic (exact) mass is 302 g/mol. The fourth-order valence-corrected chi connectivity index (χ4v) is 3.24. The topological polar surface area (TPSA) is 101 Å². The molecular weight excluding hydrogens is 292 g/mol. The fraction of sp³-hybridized carbons (Fsp3) is 0.0714. The number of nitriles is 1. The maximum Gasteiger partial charge on any atom is 0.273 e. The number of nitro groups is 1. The van der Waals surface area contributed by atoms with E-state index in [1.165, 1.54) is 24.3 Å². The summed E-state index contributed by atoms with van der Waals surface area (Å²) in [4.78, 5) is 10.4. The van der Waals surface area contributed by atoms with Crippen LogP contribution in [0.15, 0.2) is 53.4 Å². The van der Waals surface area contributed by atoms with Crippen LogP contribution in [-0.2, 0) is 15.6 Å². The Bertz CT molecular complexity index is 824. The molecular formula is C14H10N2O4S. The minimum absolute atomic E-state index is 0.00269. The van der Waals surface area contributed by atoms with E-state index in [2.05, 4.69) is 0 Å². The molecule has 0 aliphatic carbocycles. The van der Waals surface area contributed by atoms with Crippen LogP contribution in [-0.4, -0.2) is 13.3 Å². The number of nitrogens with zero attached hydrogens (tertiary/aromatic N) is 2. The molecule has 2 aromatic rings. The van der Waals surface area contributed by atoms with Crippen molar-refractivity contribution >= 4 is 15.5 Å². The zero-order chi connectivity index (χ0) is 15.5. The van der Waals surface area contributed by atoms with Gasteiger partial charge in [0.05, 0.1) is 27.2 Å². The molecule has 0 saturated heterocycles. The Balaban J connectivity index is 2.48. The van der Waals surface area contributed by atoms with Gasteiger partial charge < -0.3 is 0 Å². The van der Waals surface area contributed by atoms with Crippen molar-refractivity contribution in [2.75, 3.05) is 0 Å². The average molecular weight is 302 g/mol. The first kappa shape index (κ1) is 14.7. The zero-order valence-electron chi connectivity index (χ0n) is 10.8. The smallest absolute Gasteiger partial charge is 0.258 e. The zero-order valence-corrected chi connectivity index (χ0v) is 11.6. The third-order valence-corrected chi connectivity index (χ3v) is 4.53. The second-order valence-electron chi connectivity index (χ2n) is 4.28. The number of nitro benzene ring substituents is 1. The Morgan fingerprint density at radius 2 is 1.81 bits per heavy atom. The van der Waals surface area contributed by atoms with Gasteiger partial charge in [-0.3, -0.25) is 10.1 Å². The van der Waals surface area contributed by atoms with E-state index >= 15 is 0 Å². The molecule has 0 spiro atoms. The molecule has 0 aliphatic heterocycles. The highest BCUT2D eigenvalue weighted by Crippen LogP contribution is 2.25. The summed E-state index contributed by atoms with van der Waals surface area (Å²) in [7, 11) is -3.71. The number of hydrogen-bond acceptors (Lipinski definition) is 5. The van der Waals surface area contributed by atoms with Crippen molar-refractivity contribution in [2.24, 2.45) is 0 Å². The Hall–Kier alpha value is -2.72. The summed E-state index contributed by atoms with van der Waals surface area (Å²) >= 11 is 0. The molecule has 0 atom stereocenters. The van der Waals surface area contributed by atoms with Gasteiger partial charge in [0.15, 0.2) is 9.84 Å². The molecule has 2 aromatic carbocycles. The lowest BCUT2D eigenvalue weighted by molar-refractivity contribution is -0.385. The van der Waals surface area contributed by atoms with Crippen molar-refractivity contribution in [3.63, 3.8) is 0 Å². The molecule has 0 heterocycles. The summed E-state index contributed by atoms with van der Waals surface area (Å²) < 4.78 is 24.5. The third kappa shape index (κ3) is 3.24. The highest BCUT2D eigenvalue weighted by Gasteiger charge is 2.22. The maximum absolute atomic E-state index is 12.3. The first-order valence-electron chi connectivity index (χ1n) is 5.89. The normalized spacial score (nSPS) is 10.8. The van der Waals surface area contributed by atoms with Crippen molar-refractivity contribution in [2.45, 2.75) is 10.6 Å². The molecule has 0 fully saturated rings. The highest BCUT2D eigenvalue weighted by molar-refractivity contribution is 7.90. The molecule has 0 aromatic heterocycles. The van der Waals surface area contributed by atoms with Gasteiger partial charge in [-0.25, -0.2) is 8.42 Å². The molecule has 0 radical (unpaired) electrons. The Morgan fingerprint density at radius 1 is 1.14 bits per heavy atom. The minimum Gasteiger partial charge on any atom is -0.258 e. The molecule has 106 valence electrons. The van der Waals surface area contributed by atoms with Crippen LogP contribution >= 0.6 is 0 Å². The molecule has 0 amide bonds. The minimum atomic E-state index is -3.71. The van der Waals surface area contributed by atoms with Gasteiger partial charge in [0.2, 0.25) is 0 Å². The third-order valence-electron chi connectivity index (χ3n) is 2.85. The van der Waals surface area contributed by atoms with Crippen molar-refractivity contribution in [1.29, 1.82) is 5.26 Å². The Kier molecular flexibility index (Phi) is 4.00. The van der Waals surface area contributed by atoms with Gasteiger partial charge in [-0.05, 0) is 24.3 Å². The molecule has 0 bridgehead atoms. The van der Waals surface area contributed by atoms with Gasteiger partial charge in [0.1, 0.15) is 0 Å². The maximum atomic E-state index is 12.3. The summed E-state index contributed by atoms with van der Waals surface area (Å²) in [5.41, 5.74) is -0.129. The first-order chi connectivity index (χ1) is 9.94. The van der Waals surface area contributed by atoms with E-state index in [1.54, 1.807) is 18.2 Å². The molecule has 21 heavy (non-hydrogen) atoms. The van der Waals surface area contributed by atoms with Gasteiger partial charge >= 0.3 is 0 Å². The van der Waals surface area contributed by atoms with Crippen molar-refractivity contribution < 1.29 is 13.3 Å². The van der Waals surface area contributed by atoms with E-state index in [9.17, 15) is 18.5 Å². The predicted molar refractivity (Wildman–Crippen MR) is 75.1 cm³/mol. The Labute approximate surface area is 121 Å². The van der Waals surface area contributed by atoms with E-state index in [0.29, 0.717) is 0 Å². The van der Waals surface area contributed by atoms with Crippen LogP contribution in [0, 0.1) is 21.4 Å². The quantitative estimate of drug-likeness (QED) is 0.637. The predicted octanol–water partition coefficient (Wildman–Crippen LogP) is 2.44. The van der Waals surface area contributed by atoms with Gasteiger partial charge in [-0.2, -0.15) is 5.26 Å². The van der Waals surface area contributed by atoms with E-state index in [-0.39, 0.29) is 21.7 Å². The van der Waals surface area contributed by atoms with Crippen LogP contribution in [0.25, 0.3) is 0 Å². The van der Waals surface area contributed by atoms with Gasteiger partial charge in [0.25, 0.3) is 5.69 Å². The molecule has 0 aliphatic rings. The second kappa shape index (κ2) is 5.73. The molecule has 0 N–H and O–H groups in total. The van der Waals surface area contributed by atoms with E-state index < -0.39 is 20.5 Å². The van der Waals surface area contributed by atoms with E-state index in [1.807, 2.05) is 6.07 Å². The lowest BCUT2D eigenvalue weighted by Gasteiger charge is -2.06. The number of sulfone groups is 1. The molecule has 7 heteroatoms. The number of rotatable bonds is 4. The van der Waals surface area contributed by atoms with E-state index in [4.69, 9.17) is 5.26 Å². The Morgan fingerprint density at radius 3 is 2.38 bits per heavy atom. The average Bonchev–Trinajstić information content (AvgIpc) is 2.47. The highest BCUT2D eigenvalue weighted by atomic mass is 32.2.